The third-order valence-electron chi connectivity index (χ3n) is 3.58. The smallest absolute Gasteiger partial charge is 0.465 e. The molecule has 0 saturated heterocycles. The van der Waals surface area contributed by atoms with E-state index in [1.165, 1.54) is 4.90 Å². The van der Waals surface area contributed by atoms with Gasteiger partial charge in [0.1, 0.15) is 0 Å². The highest BCUT2D eigenvalue weighted by Crippen LogP contribution is 2.29. The van der Waals surface area contributed by atoms with Crippen molar-refractivity contribution in [3.8, 4) is 0 Å². The summed E-state index contributed by atoms with van der Waals surface area (Å²) in [5.74, 6) is -1.93. The third-order valence-corrected chi connectivity index (χ3v) is 3.58. The molecule has 0 bridgehead atoms. The SMILES string of the molecule is CC(C)(C)N(C(=O)O)C1CCC(NC(=O)C(F)(F)F)CC1. The topological polar surface area (TPSA) is 69.6 Å². The predicted molar refractivity (Wildman–Crippen MR) is 69.9 cm³/mol. The highest BCUT2D eigenvalue weighted by molar-refractivity contribution is 5.81. The third kappa shape index (κ3) is 4.78. The van der Waals surface area contributed by atoms with E-state index in [0.29, 0.717) is 25.7 Å². The number of hydrogen-bond acceptors (Lipinski definition) is 2. The van der Waals surface area contributed by atoms with Gasteiger partial charge in [0.2, 0.25) is 0 Å². The Hall–Kier alpha value is -1.47. The Morgan fingerprint density at radius 1 is 1.10 bits per heavy atom. The molecule has 0 aromatic rings. The zero-order valence-corrected chi connectivity index (χ0v) is 12.3. The van der Waals surface area contributed by atoms with Gasteiger partial charge in [0.05, 0.1) is 0 Å². The maximum absolute atomic E-state index is 12.2. The van der Waals surface area contributed by atoms with E-state index >= 15 is 0 Å². The summed E-state index contributed by atoms with van der Waals surface area (Å²) >= 11 is 0. The fourth-order valence-corrected chi connectivity index (χ4v) is 2.74. The van der Waals surface area contributed by atoms with E-state index in [-0.39, 0.29) is 6.04 Å². The van der Waals surface area contributed by atoms with Crippen molar-refractivity contribution in [2.45, 2.75) is 70.3 Å². The van der Waals surface area contributed by atoms with Gasteiger partial charge in [-0.2, -0.15) is 13.2 Å². The van der Waals surface area contributed by atoms with Crippen molar-refractivity contribution in [1.82, 2.24) is 10.2 Å². The van der Waals surface area contributed by atoms with Crippen LogP contribution in [0.25, 0.3) is 0 Å². The van der Waals surface area contributed by atoms with Crippen LogP contribution in [0.5, 0.6) is 0 Å². The van der Waals surface area contributed by atoms with Crippen LogP contribution in [0.4, 0.5) is 18.0 Å². The van der Waals surface area contributed by atoms with Crippen molar-refractivity contribution in [1.29, 1.82) is 0 Å². The Morgan fingerprint density at radius 3 is 1.90 bits per heavy atom. The molecule has 21 heavy (non-hydrogen) atoms. The number of amides is 2. The Bertz CT molecular complexity index is 396. The fourth-order valence-electron chi connectivity index (χ4n) is 2.74. The van der Waals surface area contributed by atoms with Crippen molar-refractivity contribution in [2.75, 3.05) is 0 Å². The molecule has 0 atom stereocenters. The number of nitrogens with one attached hydrogen (secondary N) is 1. The van der Waals surface area contributed by atoms with E-state index in [1.54, 1.807) is 20.8 Å². The van der Waals surface area contributed by atoms with Gasteiger partial charge in [-0.25, -0.2) is 4.79 Å². The summed E-state index contributed by atoms with van der Waals surface area (Å²) in [7, 11) is 0. The Kier molecular flexibility index (Phi) is 5.11. The molecule has 0 aromatic heterocycles. The zero-order chi connectivity index (χ0) is 16.4. The lowest BCUT2D eigenvalue weighted by Crippen LogP contribution is -2.54. The van der Waals surface area contributed by atoms with Gasteiger partial charge < -0.3 is 15.3 Å². The largest absolute Gasteiger partial charge is 0.471 e. The molecule has 0 spiro atoms. The number of carbonyl (C=O) groups is 2. The summed E-state index contributed by atoms with van der Waals surface area (Å²) in [5.41, 5.74) is -0.571. The van der Waals surface area contributed by atoms with Gasteiger partial charge >= 0.3 is 18.2 Å². The average Bonchev–Trinajstić information content (AvgIpc) is 2.27. The molecular formula is C13H21F3N2O3. The maximum Gasteiger partial charge on any atom is 0.471 e. The molecule has 122 valence electrons. The summed E-state index contributed by atoms with van der Waals surface area (Å²) in [4.78, 5) is 23.6. The first-order chi connectivity index (χ1) is 9.43. The van der Waals surface area contributed by atoms with Crippen molar-refractivity contribution >= 4 is 12.0 Å². The summed E-state index contributed by atoms with van der Waals surface area (Å²) in [6, 6.07) is -0.785. The molecule has 8 heteroatoms. The highest BCUT2D eigenvalue weighted by Gasteiger charge is 2.41. The lowest BCUT2D eigenvalue weighted by atomic mass is 9.88. The van der Waals surface area contributed by atoms with E-state index in [2.05, 4.69) is 0 Å². The van der Waals surface area contributed by atoms with Crippen molar-refractivity contribution < 1.29 is 27.9 Å². The van der Waals surface area contributed by atoms with Crippen LogP contribution in [0, 0.1) is 0 Å². The van der Waals surface area contributed by atoms with Crippen LogP contribution < -0.4 is 5.32 Å². The monoisotopic (exact) mass is 310 g/mol. The number of nitrogens with zero attached hydrogens (tertiary/aromatic N) is 1. The highest BCUT2D eigenvalue weighted by atomic mass is 19.4. The Morgan fingerprint density at radius 2 is 1.57 bits per heavy atom. The number of rotatable bonds is 2. The second-order valence-corrected chi connectivity index (χ2v) is 6.30. The first kappa shape index (κ1) is 17.6. The summed E-state index contributed by atoms with van der Waals surface area (Å²) < 4.78 is 36.5. The van der Waals surface area contributed by atoms with Gasteiger partial charge in [0.15, 0.2) is 0 Å². The number of alkyl halides is 3. The quantitative estimate of drug-likeness (QED) is 0.824. The molecule has 2 amide bonds. The molecule has 0 radical (unpaired) electrons. The lowest BCUT2D eigenvalue weighted by molar-refractivity contribution is -0.174. The van der Waals surface area contributed by atoms with Crippen molar-refractivity contribution in [3.63, 3.8) is 0 Å². The summed E-state index contributed by atoms with van der Waals surface area (Å²) in [5, 5.41) is 11.2. The number of carbonyl (C=O) groups excluding carboxylic acids is 1. The van der Waals surface area contributed by atoms with E-state index in [9.17, 15) is 27.9 Å². The van der Waals surface area contributed by atoms with Crippen LogP contribution >= 0.6 is 0 Å². The van der Waals surface area contributed by atoms with Gasteiger partial charge in [-0.1, -0.05) is 0 Å². The molecule has 1 fully saturated rings. The van der Waals surface area contributed by atoms with E-state index in [1.807, 2.05) is 5.32 Å². The molecule has 1 rings (SSSR count). The molecule has 5 nitrogen and oxygen atoms in total. The molecule has 0 unspecified atom stereocenters. The minimum absolute atomic E-state index is 0.235. The second-order valence-electron chi connectivity index (χ2n) is 6.30. The van der Waals surface area contributed by atoms with Gasteiger partial charge in [-0.15, -0.1) is 0 Å². The number of carboxylic acid groups (broad SMARTS) is 1. The van der Waals surface area contributed by atoms with Gasteiger partial charge in [0.25, 0.3) is 0 Å². The van der Waals surface area contributed by atoms with E-state index in [4.69, 9.17) is 0 Å². The normalized spacial score (nSPS) is 23.5. The minimum atomic E-state index is -4.88. The standard InChI is InChI=1S/C13H21F3N2O3/c1-12(2,3)18(11(20)21)9-6-4-8(5-7-9)17-10(19)13(14,15)16/h8-9H,4-7H2,1-3H3,(H,17,19)(H,20,21). The maximum atomic E-state index is 12.2. The molecule has 0 aliphatic heterocycles. The van der Waals surface area contributed by atoms with Crippen molar-refractivity contribution in [2.24, 2.45) is 0 Å². The minimum Gasteiger partial charge on any atom is -0.465 e. The number of halogens is 3. The number of hydrogen-bond donors (Lipinski definition) is 2. The molecule has 2 N–H and O–H groups in total. The van der Waals surface area contributed by atoms with Crippen molar-refractivity contribution in [3.05, 3.63) is 0 Å². The van der Waals surface area contributed by atoms with Crippen LogP contribution in [0.15, 0.2) is 0 Å². The second kappa shape index (κ2) is 6.11. The first-order valence-corrected chi connectivity index (χ1v) is 6.83. The molecule has 1 aliphatic carbocycles. The van der Waals surface area contributed by atoms with E-state index in [0.717, 1.165) is 0 Å². The first-order valence-electron chi connectivity index (χ1n) is 6.83. The lowest BCUT2D eigenvalue weighted by Gasteiger charge is -2.42. The average molecular weight is 310 g/mol. The van der Waals surface area contributed by atoms with Crippen LogP contribution in [0.3, 0.4) is 0 Å². The zero-order valence-electron chi connectivity index (χ0n) is 12.3. The van der Waals surface area contributed by atoms with Gasteiger partial charge in [-0.3, -0.25) is 4.79 Å². The molecular weight excluding hydrogens is 289 g/mol. The molecule has 1 saturated carbocycles. The van der Waals surface area contributed by atoms with Crippen LogP contribution in [0.1, 0.15) is 46.5 Å². The Labute approximate surface area is 121 Å². The summed E-state index contributed by atoms with van der Waals surface area (Å²) in [6.07, 6.45) is -4.36. The van der Waals surface area contributed by atoms with E-state index < -0.39 is 29.8 Å². The van der Waals surface area contributed by atoms with Crippen LogP contribution in [-0.2, 0) is 4.79 Å². The van der Waals surface area contributed by atoms with Gasteiger partial charge in [-0.05, 0) is 46.5 Å². The van der Waals surface area contributed by atoms with Crippen LogP contribution in [-0.4, -0.2) is 45.8 Å². The predicted octanol–water partition coefficient (Wildman–Crippen LogP) is 2.75. The molecule has 0 aromatic carbocycles. The van der Waals surface area contributed by atoms with Crippen LogP contribution in [0.2, 0.25) is 0 Å². The fraction of sp³-hybridized carbons (Fsp3) is 0.846. The molecule has 1 aliphatic rings. The Balaban J connectivity index is 2.59. The van der Waals surface area contributed by atoms with Gasteiger partial charge in [0, 0.05) is 17.6 Å². The molecule has 0 heterocycles. The summed E-state index contributed by atoms with van der Waals surface area (Å²) in [6.45, 7) is 5.33.